The molecule has 1 aliphatic heterocycles. The van der Waals surface area contributed by atoms with Gasteiger partial charge in [-0.15, -0.1) is 0 Å². The molecular weight excluding hydrogens is 420 g/mol. The fraction of sp³-hybridized carbons (Fsp3) is 0.308. The molecule has 1 fully saturated rings. The van der Waals surface area contributed by atoms with Gasteiger partial charge in [-0.05, 0) is 36.5 Å². The first-order chi connectivity index (χ1) is 16.0. The van der Waals surface area contributed by atoms with Crippen molar-refractivity contribution in [1.82, 2.24) is 4.90 Å². The molecule has 0 radical (unpaired) electrons. The Morgan fingerprint density at radius 3 is 2.21 bits per heavy atom. The van der Waals surface area contributed by atoms with Crippen LogP contribution in [0.3, 0.4) is 0 Å². The number of carbonyl (C=O) groups is 3. The molecule has 0 bridgehead atoms. The van der Waals surface area contributed by atoms with Crippen molar-refractivity contribution in [3.8, 4) is 0 Å². The molecule has 1 heterocycles. The van der Waals surface area contributed by atoms with Crippen LogP contribution in [0.1, 0.15) is 57.9 Å². The smallest absolute Gasteiger partial charge is 0.261 e. The molecule has 4 rings (SSSR count). The molecule has 170 valence electrons. The minimum Gasteiger partial charge on any atom is -0.511 e. The van der Waals surface area contributed by atoms with Crippen molar-refractivity contribution >= 4 is 23.3 Å². The van der Waals surface area contributed by atoms with Gasteiger partial charge >= 0.3 is 0 Å². The summed E-state index contributed by atoms with van der Waals surface area (Å²) in [5.74, 6) is -0.990. The lowest BCUT2D eigenvalue weighted by atomic mass is 9.78. The van der Waals surface area contributed by atoms with E-state index < -0.39 is 0 Å². The predicted molar refractivity (Wildman–Crippen MR) is 124 cm³/mol. The number of hydrogen-bond acceptors (Lipinski definition) is 6. The molecule has 2 aliphatic rings. The lowest BCUT2D eigenvalue weighted by molar-refractivity contribution is -0.116. The molecule has 0 saturated heterocycles. The summed E-state index contributed by atoms with van der Waals surface area (Å²) in [5.41, 5.74) is 2.51. The average molecular weight is 447 g/mol. The van der Waals surface area contributed by atoms with Gasteiger partial charge in [0.2, 0.25) is 0 Å². The van der Waals surface area contributed by atoms with Crippen LogP contribution in [0, 0.1) is 0 Å². The highest BCUT2D eigenvalue weighted by Crippen LogP contribution is 2.34. The number of aliphatic hydroxyl groups excluding tert-OH is 2. The van der Waals surface area contributed by atoms with Gasteiger partial charge < -0.3 is 10.2 Å². The lowest BCUT2D eigenvalue weighted by Gasteiger charge is -2.26. The average Bonchev–Trinajstić information content (AvgIpc) is 3.08. The van der Waals surface area contributed by atoms with Gasteiger partial charge in [0.15, 0.2) is 5.78 Å². The molecule has 1 atom stereocenters. The predicted octanol–water partition coefficient (Wildman–Crippen LogP) is 3.45. The summed E-state index contributed by atoms with van der Waals surface area (Å²) in [4.78, 5) is 43.6. The number of fused-ring (bicyclic) bond motifs is 1. The normalized spacial score (nSPS) is 21.0. The van der Waals surface area contributed by atoms with E-state index in [1.807, 2.05) is 30.3 Å². The zero-order valence-electron chi connectivity index (χ0n) is 18.2. The number of benzene rings is 2. The van der Waals surface area contributed by atoms with E-state index in [0.717, 1.165) is 5.56 Å². The summed E-state index contributed by atoms with van der Waals surface area (Å²) < 4.78 is 0. The van der Waals surface area contributed by atoms with Crippen LogP contribution < -0.4 is 0 Å². The van der Waals surface area contributed by atoms with E-state index in [2.05, 4.69) is 4.99 Å². The number of imide groups is 1. The second-order valence-corrected chi connectivity index (χ2v) is 8.22. The maximum Gasteiger partial charge on any atom is 0.261 e. The Hall–Kier alpha value is -3.58. The van der Waals surface area contributed by atoms with Crippen molar-refractivity contribution < 1.29 is 24.6 Å². The Balaban J connectivity index is 1.47. The minimum atomic E-state index is -0.340. The van der Waals surface area contributed by atoms with E-state index in [4.69, 9.17) is 0 Å². The van der Waals surface area contributed by atoms with Gasteiger partial charge in [0.05, 0.1) is 29.9 Å². The Morgan fingerprint density at radius 1 is 0.939 bits per heavy atom. The van der Waals surface area contributed by atoms with Gasteiger partial charge in [-0.3, -0.25) is 24.3 Å². The molecule has 2 aromatic rings. The van der Waals surface area contributed by atoms with E-state index in [1.54, 1.807) is 24.3 Å². The number of ketones is 1. The third-order valence-corrected chi connectivity index (χ3v) is 6.07. The standard InChI is InChI=1S/C26H26N2O5/c29-14-12-27-21-15-18(17-7-2-1-3-8-17)16-23(31)24(21)22(30)11-6-13-28-25(32)19-9-4-5-10-20(19)26(28)33/h1-5,7-10,18,29-30H,6,11-16H2/b24-22-,27-21?. The summed E-state index contributed by atoms with van der Waals surface area (Å²) in [6.45, 7) is 0.144. The summed E-state index contributed by atoms with van der Waals surface area (Å²) in [7, 11) is 0. The van der Waals surface area contributed by atoms with Crippen molar-refractivity contribution in [2.24, 2.45) is 4.99 Å². The first-order valence-electron chi connectivity index (χ1n) is 11.1. The number of aliphatic imine (C=N–C) groups is 1. The number of amides is 2. The second-order valence-electron chi connectivity index (χ2n) is 8.22. The Labute approximate surface area is 192 Å². The van der Waals surface area contributed by atoms with Crippen LogP contribution in [-0.4, -0.2) is 58.1 Å². The number of aliphatic hydroxyl groups is 2. The SMILES string of the molecule is O=C1CC(c2ccccc2)CC(=NCCO)/C1=C(/O)CCCN1C(=O)c2ccccc2C1=O. The fourth-order valence-corrected chi connectivity index (χ4v) is 4.48. The number of allylic oxidation sites excluding steroid dienone is 2. The van der Waals surface area contributed by atoms with Gasteiger partial charge in [-0.25, -0.2) is 0 Å². The summed E-state index contributed by atoms with van der Waals surface area (Å²) in [6, 6.07) is 16.4. The highest BCUT2D eigenvalue weighted by molar-refractivity contribution is 6.25. The van der Waals surface area contributed by atoms with Gasteiger partial charge in [0.1, 0.15) is 5.76 Å². The summed E-state index contributed by atoms with van der Waals surface area (Å²) in [5, 5.41) is 20.0. The van der Waals surface area contributed by atoms with Crippen molar-refractivity contribution in [2.45, 2.75) is 31.6 Å². The zero-order chi connectivity index (χ0) is 23.4. The molecule has 1 unspecified atom stereocenters. The molecule has 0 aromatic heterocycles. The molecular formula is C26H26N2O5. The van der Waals surface area contributed by atoms with Crippen molar-refractivity contribution in [2.75, 3.05) is 19.7 Å². The Bertz CT molecular complexity index is 1100. The summed E-state index contributed by atoms with van der Waals surface area (Å²) in [6.07, 6.45) is 1.22. The molecule has 2 amide bonds. The van der Waals surface area contributed by atoms with Gasteiger partial charge in [-0.2, -0.15) is 0 Å². The van der Waals surface area contributed by atoms with Crippen LogP contribution in [0.25, 0.3) is 0 Å². The van der Waals surface area contributed by atoms with Crippen molar-refractivity contribution in [3.63, 3.8) is 0 Å². The Kier molecular flexibility index (Phi) is 6.79. The van der Waals surface area contributed by atoms with Crippen molar-refractivity contribution in [1.29, 1.82) is 0 Å². The highest BCUT2D eigenvalue weighted by atomic mass is 16.3. The number of Topliss-reactive ketones (excluding diaryl/α,β-unsaturated/α-hetero) is 1. The van der Waals surface area contributed by atoms with Crippen LogP contribution >= 0.6 is 0 Å². The zero-order valence-corrected chi connectivity index (χ0v) is 18.2. The van der Waals surface area contributed by atoms with E-state index >= 15 is 0 Å². The van der Waals surface area contributed by atoms with Crippen LogP contribution in [0.5, 0.6) is 0 Å². The lowest BCUT2D eigenvalue weighted by Crippen LogP contribution is -2.31. The monoisotopic (exact) mass is 446 g/mol. The molecule has 0 spiro atoms. The first-order valence-corrected chi connectivity index (χ1v) is 11.1. The van der Waals surface area contributed by atoms with Crippen LogP contribution in [0.4, 0.5) is 0 Å². The van der Waals surface area contributed by atoms with E-state index in [-0.39, 0.29) is 67.4 Å². The maximum absolute atomic E-state index is 13.0. The number of carbonyl (C=O) groups excluding carboxylic acids is 3. The first kappa shape index (κ1) is 22.6. The molecule has 33 heavy (non-hydrogen) atoms. The number of nitrogens with zero attached hydrogens (tertiary/aromatic N) is 2. The quantitative estimate of drug-likeness (QED) is 0.385. The third-order valence-electron chi connectivity index (χ3n) is 6.07. The molecule has 1 saturated carbocycles. The second kappa shape index (κ2) is 9.92. The van der Waals surface area contributed by atoms with Crippen LogP contribution in [-0.2, 0) is 4.79 Å². The van der Waals surface area contributed by atoms with Crippen molar-refractivity contribution in [3.05, 3.63) is 82.6 Å². The van der Waals surface area contributed by atoms with Gasteiger partial charge in [-0.1, -0.05) is 42.5 Å². The molecule has 1 aliphatic carbocycles. The number of hydrogen-bond donors (Lipinski definition) is 2. The topological polar surface area (TPSA) is 107 Å². The maximum atomic E-state index is 13.0. The third kappa shape index (κ3) is 4.64. The highest BCUT2D eigenvalue weighted by Gasteiger charge is 2.35. The summed E-state index contributed by atoms with van der Waals surface area (Å²) >= 11 is 0. The van der Waals surface area contributed by atoms with Crippen LogP contribution in [0.15, 0.2) is 70.9 Å². The Morgan fingerprint density at radius 2 is 1.58 bits per heavy atom. The van der Waals surface area contributed by atoms with E-state index in [1.165, 1.54) is 4.90 Å². The molecule has 7 nitrogen and oxygen atoms in total. The van der Waals surface area contributed by atoms with Crippen LogP contribution in [0.2, 0.25) is 0 Å². The number of rotatable bonds is 7. The van der Waals surface area contributed by atoms with E-state index in [0.29, 0.717) is 29.7 Å². The largest absolute Gasteiger partial charge is 0.511 e. The molecule has 2 aromatic carbocycles. The van der Waals surface area contributed by atoms with Gasteiger partial charge in [0, 0.05) is 25.1 Å². The van der Waals surface area contributed by atoms with E-state index in [9.17, 15) is 24.6 Å². The fourth-order valence-electron chi connectivity index (χ4n) is 4.48. The molecule has 7 heteroatoms. The minimum absolute atomic E-state index is 0.0361. The molecule has 2 N–H and O–H groups in total. The van der Waals surface area contributed by atoms with Gasteiger partial charge in [0.25, 0.3) is 11.8 Å².